The van der Waals surface area contributed by atoms with Crippen molar-refractivity contribution in [1.82, 2.24) is 15.5 Å². The summed E-state index contributed by atoms with van der Waals surface area (Å²) in [5, 5.41) is 8.79. The van der Waals surface area contributed by atoms with Gasteiger partial charge in [0, 0.05) is 37.6 Å². The van der Waals surface area contributed by atoms with Gasteiger partial charge < -0.3 is 15.5 Å². The summed E-state index contributed by atoms with van der Waals surface area (Å²) in [6.07, 6.45) is 1.05. The molecule has 0 atom stereocenters. The van der Waals surface area contributed by atoms with Crippen LogP contribution in [0, 0.1) is 0 Å². The molecule has 0 saturated carbocycles. The van der Waals surface area contributed by atoms with Gasteiger partial charge in [-0.1, -0.05) is 6.07 Å². The number of rotatable bonds is 7. The van der Waals surface area contributed by atoms with Crippen molar-refractivity contribution in [2.45, 2.75) is 26.3 Å². The van der Waals surface area contributed by atoms with Crippen LogP contribution in [0.2, 0.25) is 0 Å². The van der Waals surface area contributed by atoms with Gasteiger partial charge in [0.15, 0.2) is 5.96 Å². The first-order valence-corrected chi connectivity index (χ1v) is 7.68. The Labute approximate surface area is 144 Å². The van der Waals surface area contributed by atoms with E-state index in [9.17, 15) is 0 Å². The van der Waals surface area contributed by atoms with Gasteiger partial charge in [0.1, 0.15) is 0 Å². The molecule has 6 heteroatoms. The van der Waals surface area contributed by atoms with Gasteiger partial charge in [-0.15, -0.1) is 35.3 Å². The minimum Gasteiger partial charge on any atom is -0.356 e. The van der Waals surface area contributed by atoms with E-state index in [0.29, 0.717) is 6.04 Å². The second kappa shape index (κ2) is 11.3. The topological polar surface area (TPSA) is 39.7 Å². The molecule has 0 bridgehead atoms. The molecule has 0 aliphatic heterocycles. The highest BCUT2D eigenvalue weighted by atomic mass is 127. The van der Waals surface area contributed by atoms with Crippen LogP contribution in [0.5, 0.6) is 0 Å². The standard InChI is InChI=1S/C14H26N4S.HI/c1-12(2)18(4)10-9-17-14(15-3)16-8-7-13-6-5-11-19-13;/h5-6,11-12H,7-10H2,1-4H3,(H2,15,16,17);1H. The summed E-state index contributed by atoms with van der Waals surface area (Å²) in [5.74, 6) is 0.883. The van der Waals surface area contributed by atoms with Crippen molar-refractivity contribution >= 4 is 41.3 Å². The summed E-state index contributed by atoms with van der Waals surface area (Å²) in [6, 6.07) is 4.84. The first-order chi connectivity index (χ1) is 9.13. The highest BCUT2D eigenvalue weighted by Gasteiger charge is 2.03. The van der Waals surface area contributed by atoms with Crippen molar-refractivity contribution in [3.8, 4) is 0 Å². The molecule has 0 unspecified atom stereocenters. The largest absolute Gasteiger partial charge is 0.356 e. The van der Waals surface area contributed by atoms with E-state index in [0.717, 1.165) is 32.0 Å². The van der Waals surface area contributed by atoms with Gasteiger partial charge in [-0.3, -0.25) is 4.99 Å². The number of hydrogen-bond donors (Lipinski definition) is 2. The van der Waals surface area contributed by atoms with Gasteiger partial charge in [0.25, 0.3) is 0 Å². The molecule has 1 rings (SSSR count). The average Bonchev–Trinajstić information content (AvgIpc) is 2.89. The molecule has 0 radical (unpaired) electrons. The molecule has 2 N–H and O–H groups in total. The summed E-state index contributed by atoms with van der Waals surface area (Å²) in [4.78, 5) is 7.94. The quantitative estimate of drug-likeness (QED) is 0.412. The minimum atomic E-state index is 0. The van der Waals surface area contributed by atoms with Crippen molar-refractivity contribution < 1.29 is 0 Å². The minimum absolute atomic E-state index is 0. The second-order valence-corrected chi connectivity index (χ2v) is 5.86. The first kappa shape index (κ1) is 19.7. The zero-order valence-corrected chi connectivity index (χ0v) is 16.0. The first-order valence-electron chi connectivity index (χ1n) is 6.80. The Balaban J connectivity index is 0.00000361. The fourth-order valence-corrected chi connectivity index (χ4v) is 2.30. The van der Waals surface area contributed by atoms with Gasteiger partial charge in [0.05, 0.1) is 0 Å². The summed E-state index contributed by atoms with van der Waals surface area (Å²) in [5.41, 5.74) is 0. The molecular formula is C14H27IN4S. The summed E-state index contributed by atoms with van der Waals surface area (Å²) < 4.78 is 0. The maximum atomic E-state index is 4.23. The van der Waals surface area contributed by atoms with Gasteiger partial charge in [-0.25, -0.2) is 0 Å². The molecule has 0 aromatic carbocycles. The Morgan fingerprint density at radius 1 is 1.35 bits per heavy atom. The Morgan fingerprint density at radius 2 is 2.05 bits per heavy atom. The van der Waals surface area contributed by atoms with Crippen molar-refractivity contribution in [1.29, 1.82) is 0 Å². The number of nitrogens with one attached hydrogen (secondary N) is 2. The van der Waals surface area contributed by atoms with Crippen molar-refractivity contribution in [2.75, 3.05) is 33.7 Å². The predicted octanol–water partition coefficient (Wildman–Crippen LogP) is 2.41. The third-order valence-corrected chi connectivity index (χ3v) is 4.04. The van der Waals surface area contributed by atoms with E-state index in [1.54, 1.807) is 11.3 Å². The van der Waals surface area contributed by atoms with Crippen molar-refractivity contribution in [3.05, 3.63) is 22.4 Å². The van der Waals surface area contributed by atoms with Crippen molar-refractivity contribution in [2.24, 2.45) is 4.99 Å². The fourth-order valence-electron chi connectivity index (χ4n) is 1.59. The molecule has 116 valence electrons. The highest BCUT2D eigenvalue weighted by molar-refractivity contribution is 14.0. The van der Waals surface area contributed by atoms with Crippen LogP contribution in [-0.4, -0.2) is 50.6 Å². The molecule has 0 fully saturated rings. The highest BCUT2D eigenvalue weighted by Crippen LogP contribution is 2.07. The lowest BCUT2D eigenvalue weighted by Crippen LogP contribution is -2.42. The van der Waals surface area contributed by atoms with Gasteiger partial charge in [-0.05, 0) is 38.8 Å². The molecule has 4 nitrogen and oxygen atoms in total. The molecule has 1 aromatic heterocycles. The van der Waals surface area contributed by atoms with Crippen molar-refractivity contribution in [3.63, 3.8) is 0 Å². The van der Waals surface area contributed by atoms with E-state index in [4.69, 9.17) is 0 Å². The van der Waals surface area contributed by atoms with Crippen LogP contribution >= 0.6 is 35.3 Å². The van der Waals surface area contributed by atoms with Gasteiger partial charge in [-0.2, -0.15) is 0 Å². The molecule has 1 aromatic rings. The van der Waals surface area contributed by atoms with Crippen LogP contribution in [0.3, 0.4) is 0 Å². The monoisotopic (exact) mass is 410 g/mol. The molecule has 0 saturated heterocycles. The Hall–Kier alpha value is -0.340. The van der Waals surface area contributed by atoms with E-state index in [1.165, 1.54) is 4.88 Å². The van der Waals surface area contributed by atoms with E-state index in [2.05, 4.69) is 58.9 Å². The molecule has 0 spiro atoms. The predicted molar refractivity (Wildman–Crippen MR) is 101 cm³/mol. The van der Waals surface area contributed by atoms with Crippen LogP contribution in [0.1, 0.15) is 18.7 Å². The molecule has 20 heavy (non-hydrogen) atoms. The van der Waals surface area contributed by atoms with Crippen LogP contribution in [0.4, 0.5) is 0 Å². The molecular weight excluding hydrogens is 383 g/mol. The number of hydrogen-bond acceptors (Lipinski definition) is 3. The van der Waals surface area contributed by atoms with Crippen LogP contribution in [-0.2, 0) is 6.42 Å². The third kappa shape index (κ3) is 8.06. The molecule has 0 aliphatic rings. The maximum absolute atomic E-state index is 4.23. The van der Waals surface area contributed by atoms with E-state index >= 15 is 0 Å². The molecule has 0 aliphatic carbocycles. The number of thiophene rings is 1. The third-order valence-electron chi connectivity index (χ3n) is 3.11. The number of likely N-dealkylation sites (N-methyl/N-ethyl adjacent to an activating group) is 1. The van der Waals surface area contributed by atoms with E-state index in [1.807, 2.05) is 7.05 Å². The number of halogens is 1. The number of aliphatic imine (C=N–C) groups is 1. The lowest BCUT2D eigenvalue weighted by molar-refractivity contribution is 0.278. The van der Waals surface area contributed by atoms with E-state index < -0.39 is 0 Å². The molecule has 1 heterocycles. The zero-order valence-electron chi connectivity index (χ0n) is 12.8. The summed E-state index contributed by atoms with van der Waals surface area (Å²) >= 11 is 1.80. The normalized spacial score (nSPS) is 11.6. The number of nitrogens with zero attached hydrogens (tertiary/aromatic N) is 2. The zero-order chi connectivity index (χ0) is 14.1. The lowest BCUT2D eigenvalue weighted by Gasteiger charge is -2.21. The van der Waals surface area contributed by atoms with Crippen LogP contribution in [0.25, 0.3) is 0 Å². The fraction of sp³-hybridized carbons (Fsp3) is 0.643. The number of guanidine groups is 1. The Bertz CT molecular complexity index is 365. The molecule has 0 amide bonds. The SMILES string of the molecule is CN=C(NCCc1cccs1)NCCN(C)C(C)C.I. The summed E-state index contributed by atoms with van der Waals surface area (Å²) in [6.45, 7) is 7.25. The lowest BCUT2D eigenvalue weighted by atomic mass is 10.3. The van der Waals surface area contributed by atoms with Crippen LogP contribution < -0.4 is 10.6 Å². The van der Waals surface area contributed by atoms with Crippen LogP contribution in [0.15, 0.2) is 22.5 Å². The van der Waals surface area contributed by atoms with E-state index in [-0.39, 0.29) is 24.0 Å². The summed E-state index contributed by atoms with van der Waals surface area (Å²) in [7, 11) is 3.95. The average molecular weight is 410 g/mol. The van der Waals surface area contributed by atoms with Gasteiger partial charge >= 0.3 is 0 Å². The maximum Gasteiger partial charge on any atom is 0.191 e. The second-order valence-electron chi connectivity index (χ2n) is 4.83. The Morgan fingerprint density at radius 3 is 2.60 bits per heavy atom. The van der Waals surface area contributed by atoms with Gasteiger partial charge in [0.2, 0.25) is 0 Å². The Kier molecular flexibility index (Phi) is 11.1. The smallest absolute Gasteiger partial charge is 0.191 e.